The molecule has 1 N–H and O–H groups in total. The summed E-state index contributed by atoms with van der Waals surface area (Å²) in [5.41, 5.74) is 3.38. The van der Waals surface area contributed by atoms with Crippen LogP contribution in [-0.4, -0.2) is 51.3 Å². The maximum absolute atomic E-state index is 12.2. The number of hydrogen-bond acceptors (Lipinski definition) is 6. The van der Waals surface area contributed by atoms with Crippen LogP contribution >= 0.6 is 11.3 Å². The Balaban J connectivity index is 1.38. The third kappa shape index (κ3) is 5.37. The maximum Gasteiger partial charge on any atom is 0.413 e. The quantitative estimate of drug-likeness (QED) is 0.617. The van der Waals surface area contributed by atoms with Gasteiger partial charge in [0.25, 0.3) is 0 Å². The Morgan fingerprint density at radius 3 is 2.48 bits per heavy atom. The summed E-state index contributed by atoms with van der Waals surface area (Å²) in [6.07, 6.45) is -0.462. The van der Waals surface area contributed by atoms with E-state index in [0.717, 1.165) is 42.4 Å². The largest absolute Gasteiger partial charge is 0.497 e. The van der Waals surface area contributed by atoms with Gasteiger partial charge in [-0.05, 0) is 42.9 Å². The van der Waals surface area contributed by atoms with Crippen molar-refractivity contribution in [2.45, 2.75) is 6.54 Å². The fourth-order valence-electron chi connectivity index (χ4n) is 3.57. The second-order valence-corrected chi connectivity index (χ2v) is 8.56. The SMILES string of the molecule is COc1ccc(CNC(=O)Oc2ccc(-c3ccccc3N3CCN(C)CC3)s2)cc1. The number of piperazine rings is 1. The average molecular weight is 438 g/mol. The molecular weight excluding hydrogens is 410 g/mol. The number of amides is 1. The van der Waals surface area contributed by atoms with Crippen molar-refractivity contribution in [1.82, 2.24) is 10.2 Å². The number of benzene rings is 2. The van der Waals surface area contributed by atoms with Crippen LogP contribution in [0.3, 0.4) is 0 Å². The van der Waals surface area contributed by atoms with Gasteiger partial charge < -0.3 is 24.6 Å². The zero-order chi connectivity index (χ0) is 21.6. The highest BCUT2D eigenvalue weighted by Gasteiger charge is 2.18. The summed E-state index contributed by atoms with van der Waals surface area (Å²) < 4.78 is 10.7. The smallest absolute Gasteiger partial charge is 0.413 e. The molecule has 3 aromatic rings. The molecule has 2 aromatic carbocycles. The minimum atomic E-state index is -0.462. The fourth-order valence-corrected chi connectivity index (χ4v) is 4.46. The summed E-state index contributed by atoms with van der Waals surface area (Å²) in [5.74, 6) is 0.786. The predicted octanol–water partition coefficient (Wildman–Crippen LogP) is 4.46. The lowest BCUT2D eigenvalue weighted by Gasteiger charge is -2.35. The molecule has 162 valence electrons. The van der Waals surface area contributed by atoms with Gasteiger partial charge in [0.05, 0.1) is 7.11 Å². The molecule has 1 amide bonds. The molecule has 7 heteroatoms. The molecule has 1 aliphatic heterocycles. The van der Waals surface area contributed by atoms with Gasteiger partial charge in [0.1, 0.15) is 5.75 Å². The van der Waals surface area contributed by atoms with Gasteiger partial charge in [-0.2, -0.15) is 0 Å². The summed E-state index contributed by atoms with van der Waals surface area (Å²) in [5, 5.41) is 3.37. The molecule has 2 heterocycles. The van der Waals surface area contributed by atoms with E-state index < -0.39 is 6.09 Å². The van der Waals surface area contributed by atoms with Gasteiger partial charge >= 0.3 is 6.09 Å². The number of likely N-dealkylation sites (N-methyl/N-ethyl adjacent to an activating group) is 1. The number of nitrogens with zero attached hydrogens (tertiary/aromatic N) is 2. The van der Waals surface area contributed by atoms with E-state index >= 15 is 0 Å². The van der Waals surface area contributed by atoms with Crippen molar-refractivity contribution in [2.75, 3.05) is 45.2 Å². The van der Waals surface area contributed by atoms with Gasteiger partial charge in [-0.1, -0.05) is 41.7 Å². The highest BCUT2D eigenvalue weighted by atomic mass is 32.1. The molecule has 0 spiro atoms. The average Bonchev–Trinajstić information content (AvgIpc) is 3.27. The van der Waals surface area contributed by atoms with E-state index in [0.29, 0.717) is 11.6 Å². The summed E-state index contributed by atoms with van der Waals surface area (Å²) in [6.45, 7) is 4.53. The molecular formula is C24H27N3O3S. The van der Waals surface area contributed by atoms with Crippen LogP contribution in [0, 0.1) is 0 Å². The van der Waals surface area contributed by atoms with Crippen LogP contribution in [0.25, 0.3) is 10.4 Å². The predicted molar refractivity (Wildman–Crippen MR) is 125 cm³/mol. The minimum absolute atomic E-state index is 0.396. The highest BCUT2D eigenvalue weighted by Crippen LogP contribution is 2.38. The van der Waals surface area contributed by atoms with Gasteiger partial charge in [0.2, 0.25) is 0 Å². The Hall–Kier alpha value is -3.03. The number of anilines is 1. The van der Waals surface area contributed by atoms with Gasteiger partial charge in [0.15, 0.2) is 5.06 Å². The van der Waals surface area contributed by atoms with Crippen LogP contribution in [0.2, 0.25) is 0 Å². The van der Waals surface area contributed by atoms with E-state index in [4.69, 9.17) is 9.47 Å². The molecule has 0 atom stereocenters. The van der Waals surface area contributed by atoms with E-state index in [1.165, 1.54) is 22.6 Å². The monoisotopic (exact) mass is 437 g/mol. The van der Waals surface area contributed by atoms with Crippen LogP contribution in [-0.2, 0) is 6.54 Å². The first-order chi connectivity index (χ1) is 15.1. The maximum atomic E-state index is 12.2. The van der Waals surface area contributed by atoms with E-state index in [9.17, 15) is 4.79 Å². The first-order valence-electron chi connectivity index (χ1n) is 10.3. The standard InChI is InChI=1S/C24H27N3O3S/c1-26-13-15-27(16-14-26)21-6-4-3-5-20(21)22-11-12-23(31-22)30-24(28)25-17-18-7-9-19(29-2)10-8-18/h3-12H,13-17H2,1-2H3,(H,25,28). The Labute approximate surface area is 187 Å². The summed E-state index contributed by atoms with van der Waals surface area (Å²) >= 11 is 1.48. The van der Waals surface area contributed by atoms with Crippen molar-refractivity contribution in [3.63, 3.8) is 0 Å². The summed E-state index contributed by atoms with van der Waals surface area (Å²) in [6, 6.07) is 19.9. The molecule has 1 fully saturated rings. The molecule has 1 saturated heterocycles. The van der Waals surface area contributed by atoms with E-state index in [-0.39, 0.29) is 0 Å². The van der Waals surface area contributed by atoms with Crippen LogP contribution in [0.5, 0.6) is 10.8 Å². The third-order valence-electron chi connectivity index (χ3n) is 5.38. The zero-order valence-corrected chi connectivity index (χ0v) is 18.7. The molecule has 4 rings (SSSR count). The van der Waals surface area contributed by atoms with E-state index in [1.807, 2.05) is 36.4 Å². The molecule has 6 nitrogen and oxygen atoms in total. The summed E-state index contributed by atoms with van der Waals surface area (Å²) in [7, 11) is 3.79. The van der Waals surface area contributed by atoms with Crippen LogP contribution in [0.4, 0.5) is 10.5 Å². The lowest BCUT2D eigenvalue weighted by atomic mass is 10.1. The number of ether oxygens (including phenoxy) is 2. The lowest BCUT2D eigenvalue weighted by Crippen LogP contribution is -2.44. The molecule has 1 aromatic heterocycles. The number of rotatable bonds is 6. The molecule has 0 saturated carbocycles. The molecule has 0 bridgehead atoms. The van der Waals surface area contributed by atoms with Crippen LogP contribution in [0.15, 0.2) is 60.7 Å². The van der Waals surface area contributed by atoms with E-state index in [1.54, 1.807) is 7.11 Å². The first-order valence-corrected chi connectivity index (χ1v) is 11.2. The molecule has 0 radical (unpaired) electrons. The minimum Gasteiger partial charge on any atom is -0.497 e. The number of carbonyl (C=O) groups is 1. The van der Waals surface area contributed by atoms with Gasteiger partial charge in [0, 0.05) is 48.9 Å². The van der Waals surface area contributed by atoms with Crippen molar-refractivity contribution in [3.05, 3.63) is 66.2 Å². The summed E-state index contributed by atoms with van der Waals surface area (Å²) in [4.78, 5) is 18.1. The molecule has 0 aliphatic carbocycles. The van der Waals surface area contributed by atoms with Crippen LogP contribution in [0.1, 0.15) is 5.56 Å². The van der Waals surface area contributed by atoms with Crippen molar-refractivity contribution in [3.8, 4) is 21.3 Å². The second kappa shape index (κ2) is 9.85. The number of methoxy groups -OCH3 is 1. The number of hydrogen-bond donors (Lipinski definition) is 1. The van der Waals surface area contributed by atoms with Gasteiger partial charge in [-0.15, -0.1) is 0 Å². The van der Waals surface area contributed by atoms with E-state index in [2.05, 4.69) is 46.4 Å². The molecule has 0 unspecified atom stereocenters. The Kier molecular flexibility index (Phi) is 6.74. The van der Waals surface area contributed by atoms with Gasteiger partial charge in [-0.3, -0.25) is 0 Å². The Morgan fingerprint density at radius 1 is 1.00 bits per heavy atom. The zero-order valence-electron chi connectivity index (χ0n) is 17.8. The first kappa shape index (κ1) is 21.2. The van der Waals surface area contributed by atoms with Crippen LogP contribution < -0.4 is 19.7 Å². The number of nitrogens with one attached hydrogen (secondary N) is 1. The third-order valence-corrected chi connectivity index (χ3v) is 6.38. The number of thiophene rings is 1. The van der Waals surface area contributed by atoms with Gasteiger partial charge in [-0.25, -0.2) is 4.79 Å². The normalized spacial score (nSPS) is 14.3. The topological polar surface area (TPSA) is 54.0 Å². The Morgan fingerprint density at radius 2 is 1.74 bits per heavy atom. The fraction of sp³-hybridized carbons (Fsp3) is 0.292. The molecule has 1 aliphatic rings. The van der Waals surface area contributed by atoms with Crippen molar-refractivity contribution < 1.29 is 14.3 Å². The van der Waals surface area contributed by atoms with Crippen molar-refractivity contribution in [1.29, 1.82) is 0 Å². The lowest BCUT2D eigenvalue weighted by molar-refractivity contribution is 0.201. The highest BCUT2D eigenvalue weighted by molar-refractivity contribution is 7.17. The van der Waals surface area contributed by atoms with Crippen molar-refractivity contribution in [2.24, 2.45) is 0 Å². The number of para-hydroxylation sites is 1. The van der Waals surface area contributed by atoms with Crippen molar-refractivity contribution >= 4 is 23.1 Å². The number of carbonyl (C=O) groups excluding carboxylic acids is 1. The Bertz CT molecular complexity index is 1010. The molecule has 31 heavy (non-hydrogen) atoms. The second-order valence-electron chi connectivity index (χ2n) is 7.52.